The Morgan fingerprint density at radius 1 is 0.806 bits per heavy atom. The summed E-state index contributed by atoms with van der Waals surface area (Å²) < 4.78 is 5.19. The third kappa shape index (κ3) is 5.35. The number of fused-ring (bicyclic) bond motifs is 1. The van der Waals surface area contributed by atoms with Crippen molar-refractivity contribution < 1.29 is 23.9 Å². The number of amides is 3. The van der Waals surface area contributed by atoms with E-state index in [4.69, 9.17) is 4.74 Å². The Morgan fingerprint density at radius 3 is 1.89 bits per heavy atom. The lowest BCUT2D eigenvalue weighted by molar-refractivity contribution is -0.152. The quantitative estimate of drug-likeness (QED) is 0.277. The van der Waals surface area contributed by atoms with Crippen molar-refractivity contribution in [3.05, 3.63) is 90.0 Å². The van der Waals surface area contributed by atoms with Gasteiger partial charge in [0.1, 0.15) is 6.04 Å². The molecule has 1 aliphatic heterocycles. The van der Waals surface area contributed by atoms with E-state index in [9.17, 15) is 19.2 Å². The van der Waals surface area contributed by atoms with Crippen LogP contribution in [0.25, 0.3) is 0 Å². The summed E-state index contributed by atoms with van der Waals surface area (Å²) in [7, 11) is 0. The molecule has 0 saturated heterocycles. The lowest BCUT2D eigenvalue weighted by Gasteiger charge is -2.27. The number of hydrogen-bond acceptors (Lipinski definition) is 7. The summed E-state index contributed by atoms with van der Waals surface area (Å²) in [5.41, 5.74) is 2.29. The van der Waals surface area contributed by atoms with Crippen molar-refractivity contribution in [2.45, 2.75) is 19.9 Å². The second kappa shape index (κ2) is 10.7. The van der Waals surface area contributed by atoms with E-state index in [1.54, 1.807) is 62.4 Å². The third-order valence-corrected chi connectivity index (χ3v) is 5.51. The van der Waals surface area contributed by atoms with Crippen LogP contribution in [0.5, 0.6) is 0 Å². The van der Waals surface area contributed by atoms with Crippen LogP contribution in [-0.2, 0) is 14.3 Å². The maximum atomic E-state index is 12.8. The molecule has 1 atom stereocenters. The number of anilines is 1. The zero-order chi connectivity index (χ0) is 25.7. The van der Waals surface area contributed by atoms with Crippen molar-refractivity contribution in [3.63, 3.8) is 0 Å². The Hall–Kier alpha value is -4.66. The van der Waals surface area contributed by atoms with Crippen LogP contribution in [0.15, 0.2) is 89.1 Å². The first-order valence-electron chi connectivity index (χ1n) is 11.4. The van der Waals surface area contributed by atoms with Gasteiger partial charge in [0.25, 0.3) is 17.7 Å². The number of hydrogen-bond donors (Lipinski definition) is 1. The highest BCUT2D eigenvalue weighted by Gasteiger charge is 2.44. The average Bonchev–Trinajstić information content (AvgIpc) is 3.13. The van der Waals surface area contributed by atoms with Gasteiger partial charge in [-0.3, -0.25) is 19.3 Å². The number of azo groups is 1. The molecule has 0 bridgehead atoms. The topological polar surface area (TPSA) is 118 Å². The fraction of sp³-hybridized carbons (Fsp3) is 0.185. The van der Waals surface area contributed by atoms with Crippen molar-refractivity contribution >= 4 is 40.8 Å². The van der Waals surface area contributed by atoms with Crippen molar-refractivity contribution in [1.82, 2.24) is 4.90 Å². The van der Waals surface area contributed by atoms with E-state index >= 15 is 0 Å². The molecule has 1 aliphatic rings. The van der Waals surface area contributed by atoms with E-state index in [-0.39, 0.29) is 11.1 Å². The summed E-state index contributed by atoms with van der Waals surface area (Å²) in [6.45, 7) is 2.83. The van der Waals surface area contributed by atoms with Crippen molar-refractivity contribution in [2.75, 3.05) is 11.9 Å². The Balaban J connectivity index is 1.34. The monoisotopic (exact) mass is 484 g/mol. The van der Waals surface area contributed by atoms with E-state index in [0.29, 0.717) is 11.4 Å². The fourth-order valence-electron chi connectivity index (χ4n) is 3.78. The van der Waals surface area contributed by atoms with E-state index in [1.807, 2.05) is 30.3 Å². The van der Waals surface area contributed by atoms with Gasteiger partial charge in [0.15, 0.2) is 6.61 Å². The molecule has 1 heterocycles. The second-order valence-corrected chi connectivity index (χ2v) is 8.45. The van der Waals surface area contributed by atoms with Gasteiger partial charge in [0.2, 0.25) is 0 Å². The van der Waals surface area contributed by atoms with Crippen LogP contribution in [0.4, 0.5) is 17.1 Å². The van der Waals surface area contributed by atoms with Crippen LogP contribution in [0.1, 0.15) is 34.6 Å². The van der Waals surface area contributed by atoms with Gasteiger partial charge in [0, 0.05) is 5.69 Å². The van der Waals surface area contributed by atoms with Crippen molar-refractivity contribution in [1.29, 1.82) is 0 Å². The molecule has 4 rings (SSSR count). The van der Waals surface area contributed by atoms with Gasteiger partial charge in [-0.05, 0) is 54.4 Å². The van der Waals surface area contributed by atoms with E-state index in [0.717, 1.165) is 10.6 Å². The maximum absolute atomic E-state index is 12.8. The molecule has 0 spiro atoms. The highest BCUT2D eigenvalue weighted by molar-refractivity contribution is 6.22. The van der Waals surface area contributed by atoms with Gasteiger partial charge in [-0.1, -0.05) is 44.2 Å². The molecule has 3 amide bonds. The molecule has 0 fully saturated rings. The maximum Gasteiger partial charge on any atom is 0.330 e. The molecule has 9 nitrogen and oxygen atoms in total. The fourth-order valence-corrected chi connectivity index (χ4v) is 3.78. The van der Waals surface area contributed by atoms with Crippen molar-refractivity contribution in [3.8, 4) is 0 Å². The molecule has 0 saturated carbocycles. The molecule has 1 N–H and O–H groups in total. The lowest BCUT2D eigenvalue weighted by Crippen LogP contribution is -2.49. The van der Waals surface area contributed by atoms with Crippen LogP contribution >= 0.6 is 0 Å². The minimum atomic E-state index is -1.15. The Morgan fingerprint density at radius 2 is 1.33 bits per heavy atom. The number of imide groups is 1. The standard InChI is InChI=1S/C27H24N4O5/c1-17(2)24(31-25(33)21-10-6-7-11-22(21)26(31)34)27(35)36-16-23(32)28-18-12-14-20(15-13-18)30-29-19-8-4-3-5-9-19/h3-15,17,24H,16H2,1-2H3,(H,28,32)/t24-/m0/s1. The molecule has 0 aliphatic carbocycles. The summed E-state index contributed by atoms with van der Waals surface area (Å²) in [4.78, 5) is 51.7. The molecule has 0 radical (unpaired) electrons. The number of carbonyl (C=O) groups is 4. The molecule has 3 aromatic rings. The molecule has 182 valence electrons. The number of benzene rings is 3. The minimum absolute atomic E-state index is 0.241. The van der Waals surface area contributed by atoms with Crippen molar-refractivity contribution in [2.24, 2.45) is 16.1 Å². The molecule has 36 heavy (non-hydrogen) atoms. The van der Waals surface area contributed by atoms with Gasteiger partial charge in [-0.15, -0.1) is 0 Å². The SMILES string of the molecule is CC(C)[C@@H](C(=O)OCC(=O)Nc1ccc(N=Nc2ccccc2)cc1)N1C(=O)c2ccccc2C1=O. The van der Waals surface area contributed by atoms with E-state index < -0.39 is 42.3 Å². The number of ether oxygens (including phenoxy) is 1. The molecule has 0 unspecified atom stereocenters. The first-order chi connectivity index (χ1) is 17.3. The van der Waals surface area contributed by atoms with Gasteiger partial charge in [0.05, 0.1) is 22.5 Å². The predicted octanol–water partition coefficient (Wildman–Crippen LogP) is 4.90. The van der Waals surface area contributed by atoms with E-state index in [1.165, 1.54) is 0 Å². The largest absolute Gasteiger partial charge is 0.454 e. The summed E-state index contributed by atoms with van der Waals surface area (Å²) in [5, 5.41) is 10.9. The van der Waals surface area contributed by atoms with Gasteiger partial charge < -0.3 is 10.1 Å². The minimum Gasteiger partial charge on any atom is -0.454 e. The number of nitrogens with one attached hydrogen (secondary N) is 1. The zero-order valence-electron chi connectivity index (χ0n) is 19.8. The highest BCUT2D eigenvalue weighted by Crippen LogP contribution is 2.27. The van der Waals surface area contributed by atoms with E-state index in [2.05, 4.69) is 15.5 Å². The summed E-state index contributed by atoms with van der Waals surface area (Å²) in [5.74, 6) is -2.92. The number of carbonyl (C=O) groups excluding carboxylic acids is 4. The Kier molecular flexibility index (Phi) is 7.29. The van der Waals surface area contributed by atoms with Gasteiger partial charge >= 0.3 is 5.97 Å². The average molecular weight is 485 g/mol. The zero-order valence-corrected chi connectivity index (χ0v) is 19.8. The molecule has 0 aromatic heterocycles. The van der Waals surface area contributed by atoms with Crippen LogP contribution in [0, 0.1) is 5.92 Å². The van der Waals surface area contributed by atoms with Gasteiger partial charge in [-0.2, -0.15) is 10.2 Å². The molecular formula is C27H24N4O5. The first kappa shape index (κ1) is 24.5. The summed E-state index contributed by atoms with van der Waals surface area (Å²) >= 11 is 0. The summed E-state index contributed by atoms with van der Waals surface area (Å²) in [6, 6.07) is 21.2. The van der Waals surface area contributed by atoms with Crippen LogP contribution < -0.4 is 5.32 Å². The molecule has 9 heteroatoms. The smallest absolute Gasteiger partial charge is 0.330 e. The first-order valence-corrected chi connectivity index (χ1v) is 11.4. The number of esters is 1. The van der Waals surface area contributed by atoms with Gasteiger partial charge in [-0.25, -0.2) is 4.79 Å². The Bertz CT molecular complexity index is 1280. The third-order valence-electron chi connectivity index (χ3n) is 5.51. The molecular weight excluding hydrogens is 460 g/mol. The van der Waals surface area contributed by atoms with Crippen LogP contribution in [0.2, 0.25) is 0 Å². The number of rotatable bonds is 8. The number of nitrogens with zero attached hydrogens (tertiary/aromatic N) is 3. The summed E-state index contributed by atoms with van der Waals surface area (Å²) in [6.07, 6.45) is 0. The van der Waals surface area contributed by atoms with Crippen LogP contribution in [0.3, 0.4) is 0 Å². The second-order valence-electron chi connectivity index (χ2n) is 8.45. The van der Waals surface area contributed by atoms with Crippen LogP contribution in [-0.4, -0.2) is 41.2 Å². The predicted molar refractivity (Wildman–Crippen MR) is 132 cm³/mol. The normalized spacial score (nSPS) is 13.7. The highest BCUT2D eigenvalue weighted by atomic mass is 16.5. The lowest BCUT2D eigenvalue weighted by atomic mass is 10.0. The molecule has 3 aromatic carbocycles. The Labute approximate surface area is 207 Å².